The molecule has 23 aromatic carbocycles. The van der Waals surface area contributed by atoms with E-state index >= 15 is 0 Å². The number of rotatable bonds is 8. The fourth-order valence-corrected chi connectivity index (χ4v) is 24.0. The first-order valence-corrected chi connectivity index (χ1v) is 46.0. The third kappa shape index (κ3) is 13.4. The molecule has 0 spiro atoms. The van der Waals surface area contributed by atoms with Crippen molar-refractivity contribution >= 4 is 132 Å². The summed E-state index contributed by atoms with van der Waals surface area (Å²) in [4.78, 5) is 8.11. The van der Waals surface area contributed by atoms with Crippen LogP contribution in [-0.2, 0) is 0 Å². The molecule has 3 heterocycles. The van der Waals surface area contributed by atoms with Gasteiger partial charge in [0.1, 0.15) is 0 Å². The minimum atomic E-state index is 0.143. The average molecular weight is 1650 g/mol. The van der Waals surface area contributed by atoms with E-state index in [0.29, 0.717) is 0 Å². The van der Waals surface area contributed by atoms with Gasteiger partial charge in [0.15, 0.2) is 0 Å². The van der Waals surface area contributed by atoms with E-state index in [0.717, 1.165) is 0 Å². The van der Waals surface area contributed by atoms with Crippen LogP contribution in [0.1, 0.15) is 67.8 Å². The summed E-state index contributed by atoms with van der Waals surface area (Å²) in [6.07, 6.45) is 0. The van der Waals surface area contributed by atoms with E-state index in [9.17, 15) is 0 Å². The van der Waals surface area contributed by atoms with Crippen molar-refractivity contribution in [3.05, 3.63) is 517 Å². The minimum absolute atomic E-state index is 0.143. The average Bonchev–Trinajstić information content (AvgIpc) is 0.733. The highest BCUT2D eigenvalue weighted by Gasteiger charge is 2.35. The molecular formula is C123H80S3. The predicted octanol–water partition coefficient (Wildman–Crippen LogP) is 34.7. The molecule has 0 unspecified atom stereocenters. The van der Waals surface area contributed by atoms with Gasteiger partial charge in [0.2, 0.25) is 0 Å². The summed E-state index contributed by atoms with van der Waals surface area (Å²) >= 11 is 5.73. The molecule has 0 saturated carbocycles. The Morgan fingerprint density at radius 1 is 0.127 bits per heavy atom. The van der Waals surface area contributed by atoms with Crippen LogP contribution in [0.4, 0.5) is 0 Å². The van der Waals surface area contributed by atoms with Gasteiger partial charge in [-0.3, -0.25) is 0 Å². The maximum atomic E-state index is 2.37. The number of hydrogen-bond donors (Lipinski definition) is 0. The molecule has 126 heavy (non-hydrogen) atoms. The topological polar surface area (TPSA) is 0 Å². The number of hydrogen-bond acceptors (Lipinski definition) is 3. The van der Waals surface area contributed by atoms with Crippen molar-refractivity contribution in [2.75, 3.05) is 0 Å². The molecular weight excluding hydrogens is 1570 g/mol. The first-order chi connectivity index (χ1) is 62.5. The van der Waals surface area contributed by atoms with Crippen molar-refractivity contribution in [3.8, 4) is 55.6 Å². The van der Waals surface area contributed by atoms with Crippen LogP contribution in [0.5, 0.6) is 0 Å². The number of benzene rings is 23. The largest absolute Gasteiger partial charge is 0.0894 e. The van der Waals surface area contributed by atoms with Crippen molar-refractivity contribution in [1.82, 2.24) is 0 Å². The molecule has 0 aliphatic carbocycles. The van der Waals surface area contributed by atoms with Crippen LogP contribution in [0.25, 0.3) is 153 Å². The fraction of sp³-hybridized carbons (Fsp3) is 0.0244. The third-order valence-electron chi connectivity index (χ3n) is 26.4. The summed E-state index contributed by atoms with van der Waals surface area (Å²) in [6, 6.07) is 172. The summed E-state index contributed by atoms with van der Waals surface area (Å²) in [5, 5.41) is 23.5. The van der Waals surface area contributed by atoms with Gasteiger partial charge in [-0.05, 0) is 251 Å². The zero-order chi connectivity index (χ0) is 83.1. The highest BCUT2D eigenvalue weighted by atomic mass is 32.2. The summed E-state index contributed by atoms with van der Waals surface area (Å²) in [5.74, 6) is 0.461. The van der Waals surface area contributed by atoms with Gasteiger partial charge < -0.3 is 0 Å². The van der Waals surface area contributed by atoms with Crippen LogP contribution in [0, 0.1) is 0 Å². The Morgan fingerprint density at radius 2 is 0.357 bits per heavy atom. The molecule has 3 heteroatoms. The van der Waals surface area contributed by atoms with Crippen molar-refractivity contribution in [2.45, 2.75) is 47.1 Å². The number of fused-ring (bicyclic) bond motifs is 21. The van der Waals surface area contributed by atoms with Crippen LogP contribution in [0.15, 0.2) is 496 Å². The SMILES string of the molecule is c1ccc(-c2ccc(-c3ccc(C4c5c(ccc6ccccc56)Sc5ccc6ccccc6c54)cc3)c3ccccc23)cc1.c1ccc(-c2cccc3ccc(-c4ccc(C5c6c(ccc7ccccc67)Sc6ccc7ccccc7c65)cc4)cc23)cc1.c1ccc2cc(-c3ccc(C4c5c(ccc6ccccc56)Sc5ccc6ccccc6c54)cc3)ccc2c1. The van der Waals surface area contributed by atoms with Crippen LogP contribution < -0.4 is 0 Å². The molecule has 0 N–H and O–H groups in total. The normalized spacial score (nSPS) is 12.9. The van der Waals surface area contributed by atoms with Gasteiger partial charge in [-0.2, -0.15) is 0 Å². The maximum Gasteiger partial charge on any atom is 0.0374 e. The zero-order valence-corrected chi connectivity index (χ0v) is 71.4. The molecule has 0 atom stereocenters. The van der Waals surface area contributed by atoms with Crippen molar-refractivity contribution in [2.24, 2.45) is 0 Å². The summed E-state index contributed by atoms with van der Waals surface area (Å²) < 4.78 is 0. The van der Waals surface area contributed by atoms with Crippen molar-refractivity contribution < 1.29 is 0 Å². The molecule has 3 aliphatic heterocycles. The Balaban J connectivity index is 0.000000106. The van der Waals surface area contributed by atoms with E-state index in [1.54, 1.807) is 0 Å². The molecule has 23 aromatic rings. The monoisotopic (exact) mass is 1650 g/mol. The lowest BCUT2D eigenvalue weighted by atomic mass is 9.80. The predicted molar refractivity (Wildman–Crippen MR) is 538 cm³/mol. The maximum absolute atomic E-state index is 2.37. The first kappa shape index (κ1) is 75.2. The standard InChI is InChI=1S/2C43H28S.C37H24S/c1-2-10-28(11-3-1)33-24-25-34(38-17-9-8-16-37(33)38)31-18-20-32(21-19-31)41-42-35-14-6-4-12-29(35)22-26-39(42)44-40-27-23-30-13-5-7-15-36(30)43(40)41;1-2-9-29(10-3-1)35-16-8-13-32-19-22-34(27-38(32)35)28-17-20-33(21-18-28)41-42-36-14-6-4-11-30(36)23-25-39(42)44-40-26-24-31-12-5-7-15-37(31)43(40)41;1-2-10-29-23-30(18-15-24(29)7-1)25-13-16-28(17-14-25)35-36-31-11-5-3-8-26(31)19-21-33(36)38-34-22-20-27-9-4-6-12-32(27)37(34)35/h2*1-27,41H;1-23,35H. The van der Waals surface area contributed by atoms with E-state index in [-0.39, 0.29) is 17.8 Å². The van der Waals surface area contributed by atoms with E-state index in [1.165, 1.54) is 232 Å². The molecule has 3 aliphatic rings. The van der Waals surface area contributed by atoms with Gasteiger partial charge in [-0.15, -0.1) is 0 Å². The van der Waals surface area contributed by atoms with Gasteiger partial charge in [-0.1, -0.05) is 454 Å². The Hall–Kier alpha value is -14.6. The Morgan fingerprint density at radius 3 is 0.698 bits per heavy atom. The second-order valence-electron chi connectivity index (χ2n) is 33.4. The lowest BCUT2D eigenvalue weighted by Crippen LogP contribution is -2.11. The molecule has 0 fully saturated rings. The van der Waals surface area contributed by atoms with E-state index in [2.05, 4.69) is 467 Å². The molecule has 0 aromatic heterocycles. The summed E-state index contributed by atoms with van der Waals surface area (Å²) in [5.41, 5.74) is 25.1. The quantitative estimate of drug-likeness (QED) is 0.149. The molecule has 0 radical (unpaired) electrons. The van der Waals surface area contributed by atoms with Gasteiger partial charge in [0.05, 0.1) is 0 Å². The smallest absolute Gasteiger partial charge is 0.0374 e. The zero-order valence-electron chi connectivity index (χ0n) is 68.9. The molecule has 590 valence electrons. The third-order valence-corrected chi connectivity index (χ3v) is 29.9. The van der Waals surface area contributed by atoms with Crippen molar-refractivity contribution in [1.29, 1.82) is 0 Å². The fourth-order valence-electron chi connectivity index (χ4n) is 20.5. The molecule has 0 amide bonds. The minimum Gasteiger partial charge on any atom is -0.0894 e. The molecule has 26 rings (SSSR count). The highest BCUT2D eigenvalue weighted by molar-refractivity contribution is 8.00. The van der Waals surface area contributed by atoms with Crippen LogP contribution >= 0.6 is 35.3 Å². The van der Waals surface area contributed by atoms with Crippen molar-refractivity contribution in [3.63, 3.8) is 0 Å². The van der Waals surface area contributed by atoms with Crippen LogP contribution in [0.2, 0.25) is 0 Å². The van der Waals surface area contributed by atoms with Gasteiger partial charge in [0, 0.05) is 47.1 Å². The van der Waals surface area contributed by atoms with E-state index in [4.69, 9.17) is 0 Å². The van der Waals surface area contributed by atoms with Crippen LogP contribution in [-0.4, -0.2) is 0 Å². The second kappa shape index (κ2) is 32.0. The second-order valence-corrected chi connectivity index (χ2v) is 36.7. The summed E-state index contributed by atoms with van der Waals surface area (Å²) in [6.45, 7) is 0. The molecule has 0 nitrogen and oxygen atoms in total. The van der Waals surface area contributed by atoms with Crippen LogP contribution in [0.3, 0.4) is 0 Å². The Labute approximate surface area is 746 Å². The molecule has 0 saturated heterocycles. The van der Waals surface area contributed by atoms with Gasteiger partial charge >= 0.3 is 0 Å². The Bertz CT molecular complexity index is 7940. The van der Waals surface area contributed by atoms with E-state index in [1.807, 2.05) is 35.3 Å². The lowest BCUT2D eigenvalue weighted by Gasteiger charge is -2.31. The first-order valence-electron chi connectivity index (χ1n) is 43.6. The summed E-state index contributed by atoms with van der Waals surface area (Å²) in [7, 11) is 0. The Kier molecular flexibility index (Phi) is 19.1. The lowest BCUT2D eigenvalue weighted by molar-refractivity contribution is 0.926. The van der Waals surface area contributed by atoms with Gasteiger partial charge in [0.25, 0.3) is 0 Å². The van der Waals surface area contributed by atoms with Gasteiger partial charge in [-0.25, -0.2) is 0 Å². The molecule has 0 bridgehead atoms. The van der Waals surface area contributed by atoms with E-state index < -0.39 is 0 Å². The highest BCUT2D eigenvalue weighted by Crippen LogP contribution is 2.57.